The predicted octanol–water partition coefficient (Wildman–Crippen LogP) is 3.20. The summed E-state index contributed by atoms with van der Waals surface area (Å²) in [5.74, 6) is 0.968. The molecular weight excluding hydrogens is 310 g/mol. The Morgan fingerprint density at radius 2 is 1.68 bits per heavy atom. The van der Waals surface area contributed by atoms with Gasteiger partial charge in [-0.3, -0.25) is 9.69 Å². The van der Waals surface area contributed by atoms with E-state index < -0.39 is 0 Å². The molecule has 1 N–H and O–H groups in total. The summed E-state index contributed by atoms with van der Waals surface area (Å²) < 4.78 is 0. The normalized spacial score (nSPS) is 25.0. The van der Waals surface area contributed by atoms with Gasteiger partial charge in [0.05, 0.1) is 0 Å². The lowest BCUT2D eigenvalue weighted by molar-refractivity contribution is -0.119. The Kier molecular flexibility index (Phi) is 6.35. The molecule has 0 atom stereocenters. The number of piperazine rings is 1. The maximum Gasteiger partial charge on any atom is 0.217 e. The molecule has 1 saturated carbocycles. The van der Waals surface area contributed by atoms with Gasteiger partial charge in [0.1, 0.15) is 0 Å². The molecule has 2 aliphatic rings. The van der Waals surface area contributed by atoms with Crippen LogP contribution in [0.3, 0.4) is 0 Å². The molecule has 0 unspecified atom stereocenters. The Balaban J connectivity index is 1.34. The van der Waals surface area contributed by atoms with E-state index in [2.05, 4.69) is 46.3 Å². The average Bonchev–Trinajstić information content (AvgIpc) is 2.62. The van der Waals surface area contributed by atoms with Crippen LogP contribution in [0.2, 0.25) is 0 Å². The van der Waals surface area contributed by atoms with Crippen molar-refractivity contribution in [1.82, 2.24) is 10.2 Å². The van der Waals surface area contributed by atoms with Crippen molar-refractivity contribution in [2.75, 3.05) is 37.6 Å². The van der Waals surface area contributed by atoms with Gasteiger partial charge in [-0.15, -0.1) is 0 Å². The van der Waals surface area contributed by atoms with Gasteiger partial charge in [-0.25, -0.2) is 0 Å². The highest BCUT2D eigenvalue weighted by molar-refractivity contribution is 5.73. The molecule has 1 heterocycles. The molecule has 25 heavy (non-hydrogen) atoms. The number of benzene rings is 1. The lowest BCUT2D eigenvalue weighted by atomic mass is 9.84. The molecule has 1 aliphatic carbocycles. The van der Waals surface area contributed by atoms with Crippen molar-refractivity contribution in [2.24, 2.45) is 5.92 Å². The lowest BCUT2D eigenvalue weighted by Crippen LogP contribution is -2.47. The van der Waals surface area contributed by atoms with Crippen molar-refractivity contribution >= 4 is 11.6 Å². The van der Waals surface area contributed by atoms with E-state index in [1.807, 2.05) is 0 Å². The largest absolute Gasteiger partial charge is 0.369 e. The number of nitrogens with one attached hydrogen (secondary N) is 1. The van der Waals surface area contributed by atoms with Crippen LogP contribution >= 0.6 is 0 Å². The second kappa shape index (κ2) is 8.70. The monoisotopic (exact) mass is 343 g/mol. The molecule has 1 aromatic rings. The SMILES string of the molecule is CC(=O)NC1CCC(CCN2CCN(c3ccc(C)cc3)CC2)CC1. The average molecular weight is 344 g/mol. The zero-order valence-electron chi connectivity index (χ0n) is 15.8. The smallest absolute Gasteiger partial charge is 0.217 e. The zero-order chi connectivity index (χ0) is 17.6. The Morgan fingerprint density at radius 1 is 1.04 bits per heavy atom. The van der Waals surface area contributed by atoms with E-state index in [1.54, 1.807) is 6.92 Å². The summed E-state index contributed by atoms with van der Waals surface area (Å²) in [5.41, 5.74) is 2.69. The lowest BCUT2D eigenvalue weighted by Gasteiger charge is -2.37. The Bertz CT molecular complexity index is 541. The first kappa shape index (κ1) is 18.2. The fourth-order valence-electron chi connectivity index (χ4n) is 4.23. The summed E-state index contributed by atoms with van der Waals surface area (Å²) in [6.45, 7) is 9.63. The summed E-state index contributed by atoms with van der Waals surface area (Å²) in [7, 11) is 0. The molecule has 1 saturated heterocycles. The summed E-state index contributed by atoms with van der Waals surface area (Å²) in [4.78, 5) is 16.3. The van der Waals surface area contributed by atoms with Crippen LogP contribution in [-0.2, 0) is 4.79 Å². The first-order chi connectivity index (χ1) is 12.1. The number of nitrogens with zero attached hydrogens (tertiary/aromatic N) is 2. The third kappa shape index (κ3) is 5.46. The van der Waals surface area contributed by atoms with Crippen LogP contribution in [0.15, 0.2) is 24.3 Å². The fraction of sp³-hybridized carbons (Fsp3) is 0.667. The maximum absolute atomic E-state index is 11.1. The van der Waals surface area contributed by atoms with Gasteiger partial charge in [0.15, 0.2) is 0 Å². The van der Waals surface area contributed by atoms with Crippen molar-refractivity contribution in [3.8, 4) is 0 Å². The van der Waals surface area contributed by atoms with Crippen LogP contribution < -0.4 is 10.2 Å². The predicted molar refractivity (Wildman–Crippen MR) is 104 cm³/mol. The Hall–Kier alpha value is -1.55. The number of hydrogen-bond donors (Lipinski definition) is 1. The van der Waals surface area contributed by atoms with Gasteiger partial charge >= 0.3 is 0 Å². The molecule has 1 aromatic carbocycles. The number of amides is 1. The molecular formula is C21H33N3O. The van der Waals surface area contributed by atoms with Gasteiger partial charge in [-0.1, -0.05) is 17.7 Å². The molecule has 0 radical (unpaired) electrons. The molecule has 4 nitrogen and oxygen atoms in total. The van der Waals surface area contributed by atoms with Crippen molar-refractivity contribution < 1.29 is 4.79 Å². The van der Waals surface area contributed by atoms with E-state index in [-0.39, 0.29) is 5.91 Å². The summed E-state index contributed by atoms with van der Waals surface area (Å²) in [5, 5.41) is 3.08. The van der Waals surface area contributed by atoms with Crippen molar-refractivity contribution in [3.63, 3.8) is 0 Å². The highest BCUT2D eigenvalue weighted by Crippen LogP contribution is 2.27. The second-order valence-corrected chi connectivity index (χ2v) is 7.87. The third-order valence-corrected chi connectivity index (χ3v) is 5.88. The van der Waals surface area contributed by atoms with E-state index in [1.165, 1.54) is 50.1 Å². The topological polar surface area (TPSA) is 35.6 Å². The van der Waals surface area contributed by atoms with Crippen LogP contribution in [-0.4, -0.2) is 49.6 Å². The quantitative estimate of drug-likeness (QED) is 0.892. The van der Waals surface area contributed by atoms with Gasteiger partial charge in [0, 0.05) is 44.8 Å². The standard InChI is InChI=1S/C21H33N3O/c1-17-3-9-21(10-4-17)24-15-13-23(14-16-24)12-11-19-5-7-20(8-6-19)22-18(2)25/h3-4,9-10,19-20H,5-8,11-16H2,1-2H3,(H,22,25). The molecule has 4 heteroatoms. The minimum absolute atomic E-state index is 0.120. The summed E-state index contributed by atoms with van der Waals surface area (Å²) >= 11 is 0. The van der Waals surface area contributed by atoms with Crippen LogP contribution in [0.25, 0.3) is 0 Å². The van der Waals surface area contributed by atoms with Crippen LogP contribution in [0, 0.1) is 12.8 Å². The molecule has 1 aliphatic heterocycles. The number of carbonyl (C=O) groups excluding carboxylic acids is 1. The molecule has 1 amide bonds. The Labute approximate surface area is 152 Å². The molecule has 3 rings (SSSR count). The maximum atomic E-state index is 11.1. The molecule has 0 aromatic heterocycles. The van der Waals surface area contributed by atoms with Crippen LogP contribution in [0.5, 0.6) is 0 Å². The zero-order valence-corrected chi connectivity index (χ0v) is 15.8. The summed E-state index contributed by atoms with van der Waals surface area (Å²) in [6.07, 6.45) is 6.18. The second-order valence-electron chi connectivity index (χ2n) is 7.87. The van der Waals surface area contributed by atoms with Gasteiger partial charge < -0.3 is 10.2 Å². The van der Waals surface area contributed by atoms with Gasteiger partial charge in [0.2, 0.25) is 5.91 Å². The number of rotatable bonds is 5. The molecule has 0 bridgehead atoms. The van der Waals surface area contributed by atoms with Crippen LogP contribution in [0.4, 0.5) is 5.69 Å². The van der Waals surface area contributed by atoms with Crippen molar-refractivity contribution in [2.45, 2.75) is 52.0 Å². The first-order valence-corrected chi connectivity index (χ1v) is 9.91. The van der Waals surface area contributed by atoms with Gasteiger partial charge in [0.25, 0.3) is 0 Å². The first-order valence-electron chi connectivity index (χ1n) is 9.91. The minimum atomic E-state index is 0.120. The highest BCUT2D eigenvalue weighted by atomic mass is 16.1. The van der Waals surface area contributed by atoms with E-state index >= 15 is 0 Å². The fourth-order valence-corrected chi connectivity index (χ4v) is 4.23. The minimum Gasteiger partial charge on any atom is -0.369 e. The number of aryl methyl sites for hydroxylation is 1. The molecule has 138 valence electrons. The number of carbonyl (C=O) groups is 1. The Morgan fingerprint density at radius 3 is 2.28 bits per heavy atom. The highest BCUT2D eigenvalue weighted by Gasteiger charge is 2.23. The third-order valence-electron chi connectivity index (χ3n) is 5.88. The van der Waals surface area contributed by atoms with E-state index in [4.69, 9.17) is 0 Å². The number of hydrogen-bond acceptors (Lipinski definition) is 3. The summed E-state index contributed by atoms with van der Waals surface area (Å²) in [6, 6.07) is 9.33. The van der Waals surface area contributed by atoms with E-state index in [0.717, 1.165) is 31.8 Å². The van der Waals surface area contributed by atoms with Crippen molar-refractivity contribution in [1.29, 1.82) is 0 Å². The van der Waals surface area contributed by atoms with E-state index in [0.29, 0.717) is 6.04 Å². The van der Waals surface area contributed by atoms with Gasteiger partial charge in [-0.05, 0) is 63.6 Å². The molecule has 2 fully saturated rings. The van der Waals surface area contributed by atoms with E-state index in [9.17, 15) is 4.79 Å². The van der Waals surface area contributed by atoms with Crippen molar-refractivity contribution in [3.05, 3.63) is 29.8 Å². The van der Waals surface area contributed by atoms with Crippen LogP contribution in [0.1, 0.15) is 44.6 Å². The molecule has 0 spiro atoms. The van der Waals surface area contributed by atoms with Gasteiger partial charge in [-0.2, -0.15) is 0 Å². The number of anilines is 1.